The molecule has 0 saturated carbocycles. The summed E-state index contributed by atoms with van der Waals surface area (Å²) >= 11 is 0. The summed E-state index contributed by atoms with van der Waals surface area (Å²) in [6.07, 6.45) is -2.79. The topological polar surface area (TPSA) is 123 Å². The Morgan fingerprint density at radius 3 is 2.82 bits per heavy atom. The average molecular weight is 536 g/mol. The van der Waals surface area contributed by atoms with E-state index >= 15 is 4.39 Å². The first kappa shape index (κ1) is 25.6. The number of alkyl halides is 3. The van der Waals surface area contributed by atoms with E-state index in [0.717, 1.165) is 10.9 Å². The van der Waals surface area contributed by atoms with Gasteiger partial charge in [0.1, 0.15) is 29.9 Å². The van der Waals surface area contributed by atoms with Gasteiger partial charge in [0.15, 0.2) is 5.82 Å². The van der Waals surface area contributed by atoms with E-state index in [1.165, 1.54) is 29.5 Å². The number of methoxy groups -OCH3 is 1. The van der Waals surface area contributed by atoms with Crippen LogP contribution in [0.15, 0.2) is 24.4 Å². The van der Waals surface area contributed by atoms with Crippen LogP contribution in [0.5, 0.6) is 5.88 Å². The standard InChI is InChI=1S/C23H24F4N8O3/c1-11(21(26)27)35-17-7-12(3-4-16(17)30-32-35)19-14(25)9-34-20(19)22(38-2)29-23(31-34)28-15-5-6-33(8-13(15)24)18(37)10-36/h3-4,7,9,11,13,15,21,36H,5-6,8,10H2,1-2H3,(H,28,31)/t11-,13-,15+/m1/s1. The minimum atomic E-state index is -2.68. The number of halogens is 4. The molecule has 0 bridgehead atoms. The molecule has 202 valence electrons. The molecule has 4 aromatic rings. The Labute approximate surface area is 213 Å². The van der Waals surface area contributed by atoms with Crippen LogP contribution < -0.4 is 10.1 Å². The van der Waals surface area contributed by atoms with Gasteiger partial charge < -0.3 is 20.1 Å². The summed E-state index contributed by atoms with van der Waals surface area (Å²) in [6, 6.07) is 2.66. The van der Waals surface area contributed by atoms with Gasteiger partial charge in [0, 0.05) is 6.54 Å². The normalized spacial score (nSPS) is 18.9. The average Bonchev–Trinajstić information content (AvgIpc) is 3.47. The molecule has 1 fully saturated rings. The molecule has 1 amide bonds. The van der Waals surface area contributed by atoms with Crippen LogP contribution in [-0.2, 0) is 4.79 Å². The number of rotatable bonds is 7. The summed E-state index contributed by atoms with van der Waals surface area (Å²) in [4.78, 5) is 17.2. The summed E-state index contributed by atoms with van der Waals surface area (Å²) in [5, 5.41) is 23.9. The van der Waals surface area contributed by atoms with Gasteiger partial charge in [0.05, 0.1) is 37.0 Å². The van der Waals surface area contributed by atoms with Crippen LogP contribution in [-0.4, -0.2) is 91.0 Å². The summed E-state index contributed by atoms with van der Waals surface area (Å²) < 4.78 is 64.4. The molecule has 1 aliphatic heterocycles. The number of aliphatic hydroxyl groups is 1. The van der Waals surface area contributed by atoms with Crippen LogP contribution in [0.3, 0.4) is 0 Å². The lowest BCUT2D eigenvalue weighted by Crippen LogP contribution is -2.50. The van der Waals surface area contributed by atoms with Crippen LogP contribution in [0, 0.1) is 5.82 Å². The lowest BCUT2D eigenvalue weighted by Gasteiger charge is -2.34. The Bertz CT molecular complexity index is 1490. The fourth-order valence-corrected chi connectivity index (χ4v) is 4.56. The highest BCUT2D eigenvalue weighted by molar-refractivity contribution is 5.90. The van der Waals surface area contributed by atoms with Crippen molar-refractivity contribution in [1.29, 1.82) is 0 Å². The van der Waals surface area contributed by atoms with E-state index in [0.29, 0.717) is 16.6 Å². The second-order valence-electron chi connectivity index (χ2n) is 8.96. The highest BCUT2D eigenvalue weighted by Gasteiger charge is 2.32. The van der Waals surface area contributed by atoms with Crippen molar-refractivity contribution >= 4 is 28.4 Å². The molecule has 2 N–H and O–H groups in total. The van der Waals surface area contributed by atoms with Crippen LogP contribution in [0.1, 0.15) is 19.4 Å². The summed E-state index contributed by atoms with van der Waals surface area (Å²) in [6.45, 7) is 0.649. The van der Waals surface area contributed by atoms with Crippen molar-refractivity contribution in [3.8, 4) is 17.0 Å². The summed E-state index contributed by atoms with van der Waals surface area (Å²) in [5.74, 6) is -1.25. The Balaban J connectivity index is 1.50. The van der Waals surface area contributed by atoms with E-state index in [9.17, 15) is 18.0 Å². The smallest absolute Gasteiger partial charge is 0.260 e. The van der Waals surface area contributed by atoms with E-state index in [1.807, 2.05) is 0 Å². The maximum Gasteiger partial charge on any atom is 0.260 e. The summed E-state index contributed by atoms with van der Waals surface area (Å²) in [7, 11) is 1.34. The van der Waals surface area contributed by atoms with Crippen LogP contribution in [0.25, 0.3) is 27.7 Å². The van der Waals surface area contributed by atoms with Crippen molar-refractivity contribution in [3.63, 3.8) is 0 Å². The number of likely N-dealkylation sites (tertiary alicyclic amines) is 1. The molecule has 0 spiro atoms. The molecule has 4 heterocycles. The van der Waals surface area contributed by atoms with Crippen LogP contribution in [0.2, 0.25) is 0 Å². The highest BCUT2D eigenvalue weighted by Crippen LogP contribution is 2.36. The maximum atomic E-state index is 15.3. The zero-order valence-corrected chi connectivity index (χ0v) is 20.4. The molecule has 0 radical (unpaired) electrons. The van der Waals surface area contributed by atoms with E-state index in [2.05, 4.69) is 25.7 Å². The third-order valence-corrected chi connectivity index (χ3v) is 6.60. The Kier molecular flexibility index (Phi) is 6.77. The molecular formula is C23H24F4N8O3. The van der Waals surface area contributed by atoms with Gasteiger partial charge in [-0.15, -0.1) is 10.2 Å². The number of anilines is 1. The van der Waals surface area contributed by atoms with Gasteiger partial charge in [0.2, 0.25) is 17.7 Å². The van der Waals surface area contributed by atoms with Crippen molar-refractivity contribution < 1.29 is 32.2 Å². The maximum absolute atomic E-state index is 15.3. The minimum Gasteiger partial charge on any atom is -0.479 e. The Morgan fingerprint density at radius 2 is 2.13 bits per heavy atom. The van der Waals surface area contributed by atoms with Gasteiger partial charge in [-0.2, -0.15) is 4.98 Å². The number of aliphatic hydroxyl groups excluding tert-OH is 1. The zero-order valence-electron chi connectivity index (χ0n) is 20.4. The van der Waals surface area contributed by atoms with Gasteiger partial charge in [0.25, 0.3) is 6.43 Å². The van der Waals surface area contributed by atoms with Crippen molar-refractivity contribution in [2.45, 2.75) is 38.0 Å². The first-order valence-electron chi connectivity index (χ1n) is 11.8. The number of nitrogens with zero attached hydrogens (tertiary/aromatic N) is 7. The fraction of sp³-hybridized carbons (Fsp3) is 0.435. The third-order valence-electron chi connectivity index (χ3n) is 6.60. The number of benzene rings is 1. The number of aromatic nitrogens is 6. The number of nitrogens with one attached hydrogen (secondary N) is 1. The first-order chi connectivity index (χ1) is 18.2. The van der Waals surface area contributed by atoms with E-state index < -0.39 is 43.0 Å². The molecule has 5 rings (SSSR count). The SMILES string of the molecule is COc1nc(N[C@H]2CCN(C(=O)CO)C[C@H]2F)nn2cc(F)c(-c3ccc4nnn([C@H](C)C(F)F)c4c3)c12. The lowest BCUT2D eigenvalue weighted by molar-refractivity contribution is -0.136. The van der Waals surface area contributed by atoms with E-state index in [4.69, 9.17) is 9.84 Å². The molecule has 0 aliphatic carbocycles. The number of piperidine rings is 1. The zero-order chi connectivity index (χ0) is 27.1. The van der Waals surface area contributed by atoms with Gasteiger partial charge in [-0.05, 0) is 31.0 Å². The molecule has 38 heavy (non-hydrogen) atoms. The van der Waals surface area contributed by atoms with Crippen LogP contribution in [0.4, 0.5) is 23.5 Å². The molecule has 1 aliphatic rings. The van der Waals surface area contributed by atoms with Crippen LogP contribution >= 0.6 is 0 Å². The second kappa shape index (κ2) is 10.0. The second-order valence-corrected chi connectivity index (χ2v) is 8.96. The molecule has 0 unspecified atom stereocenters. The lowest BCUT2D eigenvalue weighted by atomic mass is 10.0. The highest BCUT2D eigenvalue weighted by atomic mass is 19.3. The van der Waals surface area contributed by atoms with E-state index in [1.54, 1.807) is 12.1 Å². The number of amides is 1. The number of hydrogen-bond donors (Lipinski definition) is 2. The number of carbonyl (C=O) groups is 1. The number of hydrogen-bond acceptors (Lipinski definition) is 8. The molecule has 3 atom stereocenters. The van der Waals surface area contributed by atoms with Crippen molar-refractivity contribution in [2.24, 2.45) is 0 Å². The molecular weight excluding hydrogens is 512 g/mol. The summed E-state index contributed by atoms with van der Waals surface area (Å²) in [5.41, 5.74) is 1.26. The molecule has 15 heteroatoms. The van der Waals surface area contributed by atoms with E-state index in [-0.39, 0.29) is 42.4 Å². The molecule has 11 nitrogen and oxygen atoms in total. The quantitative estimate of drug-likeness (QED) is 0.346. The van der Waals surface area contributed by atoms with Gasteiger partial charge >= 0.3 is 0 Å². The number of fused-ring (bicyclic) bond motifs is 2. The predicted octanol–water partition coefficient (Wildman–Crippen LogP) is 2.46. The first-order valence-corrected chi connectivity index (χ1v) is 11.8. The monoisotopic (exact) mass is 536 g/mol. The van der Waals surface area contributed by atoms with Gasteiger partial charge in [-0.1, -0.05) is 11.3 Å². The Morgan fingerprint density at radius 1 is 1.34 bits per heavy atom. The van der Waals surface area contributed by atoms with Gasteiger partial charge in [-0.3, -0.25) is 4.79 Å². The van der Waals surface area contributed by atoms with Crippen molar-refractivity contribution in [1.82, 2.24) is 34.5 Å². The number of carbonyl (C=O) groups excluding carboxylic acids is 1. The Hall–Kier alpha value is -4.01. The molecule has 1 saturated heterocycles. The molecule has 3 aromatic heterocycles. The largest absolute Gasteiger partial charge is 0.479 e. The third kappa shape index (κ3) is 4.46. The number of ether oxygens (including phenoxy) is 1. The van der Waals surface area contributed by atoms with Crippen molar-refractivity contribution in [2.75, 3.05) is 32.1 Å². The molecule has 1 aromatic carbocycles. The predicted molar refractivity (Wildman–Crippen MR) is 127 cm³/mol. The fourth-order valence-electron chi connectivity index (χ4n) is 4.56. The minimum absolute atomic E-state index is 0.00243. The van der Waals surface area contributed by atoms with Gasteiger partial charge in [-0.25, -0.2) is 26.8 Å². The van der Waals surface area contributed by atoms with Crippen molar-refractivity contribution in [3.05, 3.63) is 30.2 Å².